The third kappa shape index (κ3) is 3.90. The van der Waals surface area contributed by atoms with Gasteiger partial charge < -0.3 is 14.7 Å². The molecule has 0 bridgehead atoms. The zero-order chi connectivity index (χ0) is 19.5. The van der Waals surface area contributed by atoms with E-state index in [4.69, 9.17) is 16.0 Å². The number of amides is 1. The first-order chi connectivity index (χ1) is 13.6. The molecule has 2 aromatic carbocycles. The van der Waals surface area contributed by atoms with Crippen molar-refractivity contribution in [2.24, 2.45) is 0 Å². The van der Waals surface area contributed by atoms with Crippen molar-refractivity contribution in [2.45, 2.75) is 18.2 Å². The Morgan fingerprint density at radius 3 is 2.86 bits per heavy atom. The van der Waals surface area contributed by atoms with Crippen molar-refractivity contribution >= 4 is 40.2 Å². The highest BCUT2D eigenvalue weighted by Crippen LogP contribution is 2.29. The molecule has 0 unspecified atom stereocenters. The number of H-pyrrole nitrogens is 1. The molecule has 142 valence electrons. The van der Waals surface area contributed by atoms with E-state index in [-0.39, 0.29) is 17.7 Å². The predicted molar refractivity (Wildman–Crippen MR) is 110 cm³/mol. The smallest absolute Gasteiger partial charge is 0.277 e. The highest BCUT2D eigenvalue weighted by atomic mass is 35.5. The molecule has 4 aromatic rings. The van der Waals surface area contributed by atoms with E-state index in [1.807, 2.05) is 55.6 Å². The molecular weight excluding hydrogens is 396 g/mol. The molecule has 0 saturated carbocycles. The van der Waals surface area contributed by atoms with E-state index in [0.29, 0.717) is 16.1 Å². The van der Waals surface area contributed by atoms with Crippen LogP contribution in [0.1, 0.15) is 18.5 Å². The summed E-state index contributed by atoms with van der Waals surface area (Å²) >= 11 is 7.37. The summed E-state index contributed by atoms with van der Waals surface area (Å²) in [6.07, 6.45) is 1.84. The number of para-hydroxylation sites is 1. The van der Waals surface area contributed by atoms with Crippen LogP contribution in [-0.2, 0) is 4.79 Å². The molecule has 0 aliphatic rings. The minimum absolute atomic E-state index is 0.135. The molecule has 1 atom stereocenters. The zero-order valence-corrected chi connectivity index (χ0v) is 16.6. The van der Waals surface area contributed by atoms with Crippen LogP contribution in [0, 0.1) is 0 Å². The molecule has 2 aromatic heterocycles. The van der Waals surface area contributed by atoms with Gasteiger partial charge in [0.1, 0.15) is 0 Å². The van der Waals surface area contributed by atoms with Gasteiger partial charge in [-0.3, -0.25) is 4.79 Å². The van der Waals surface area contributed by atoms with Gasteiger partial charge in [-0.05, 0) is 24.6 Å². The topological polar surface area (TPSA) is 83.8 Å². The summed E-state index contributed by atoms with van der Waals surface area (Å²) in [6, 6.07) is 15.1. The Hall–Kier alpha value is -2.77. The molecule has 0 aliphatic heterocycles. The average Bonchev–Trinajstić information content (AvgIpc) is 3.33. The first-order valence-corrected chi connectivity index (χ1v) is 10.0. The van der Waals surface area contributed by atoms with Crippen LogP contribution in [0.15, 0.2) is 64.4 Å². The van der Waals surface area contributed by atoms with E-state index in [9.17, 15) is 4.79 Å². The lowest BCUT2D eigenvalue weighted by molar-refractivity contribution is -0.119. The highest BCUT2D eigenvalue weighted by Gasteiger charge is 2.16. The van der Waals surface area contributed by atoms with Gasteiger partial charge in [-0.2, -0.15) is 0 Å². The monoisotopic (exact) mass is 412 g/mol. The van der Waals surface area contributed by atoms with E-state index in [0.717, 1.165) is 22.0 Å². The van der Waals surface area contributed by atoms with Gasteiger partial charge in [0, 0.05) is 22.1 Å². The third-order valence-corrected chi connectivity index (χ3v) is 5.46. The lowest BCUT2D eigenvalue weighted by Gasteiger charge is -2.15. The first kappa shape index (κ1) is 18.6. The van der Waals surface area contributed by atoms with Crippen molar-refractivity contribution in [3.8, 4) is 11.5 Å². The Labute approximate surface area is 170 Å². The minimum Gasteiger partial charge on any atom is -0.411 e. The number of benzene rings is 2. The van der Waals surface area contributed by atoms with E-state index in [2.05, 4.69) is 20.5 Å². The maximum Gasteiger partial charge on any atom is 0.277 e. The van der Waals surface area contributed by atoms with Crippen molar-refractivity contribution < 1.29 is 9.21 Å². The van der Waals surface area contributed by atoms with Crippen LogP contribution < -0.4 is 5.32 Å². The number of nitrogens with zero attached hydrogens (tertiary/aromatic N) is 2. The van der Waals surface area contributed by atoms with E-state index >= 15 is 0 Å². The second-order valence-electron chi connectivity index (χ2n) is 6.22. The lowest BCUT2D eigenvalue weighted by Crippen LogP contribution is -2.28. The Bertz CT molecular complexity index is 1120. The number of hydrogen-bond acceptors (Lipinski definition) is 5. The number of halogens is 1. The van der Waals surface area contributed by atoms with Crippen molar-refractivity contribution in [1.29, 1.82) is 0 Å². The molecule has 0 aliphatic carbocycles. The van der Waals surface area contributed by atoms with Gasteiger partial charge in [0.25, 0.3) is 11.1 Å². The second kappa shape index (κ2) is 8.08. The number of nitrogens with one attached hydrogen (secondary N) is 2. The Kier molecular flexibility index (Phi) is 5.36. The summed E-state index contributed by atoms with van der Waals surface area (Å²) in [5.74, 6) is 0.457. The van der Waals surface area contributed by atoms with Gasteiger partial charge in [0.05, 0.1) is 17.4 Å². The van der Waals surface area contributed by atoms with Gasteiger partial charge in [-0.15, -0.1) is 10.2 Å². The normalized spacial score (nSPS) is 12.2. The summed E-state index contributed by atoms with van der Waals surface area (Å²) in [5, 5.41) is 13.0. The van der Waals surface area contributed by atoms with E-state index in [1.165, 1.54) is 11.8 Å². The van der Waals surface area contributed by atoms with Crippen molar-refractivity contribution in [3.05, 3.63) is 65.3 Å². The van der Waals surface area contributed by atoms with Gasteiger partial charge in [-0.25, -0.2) is 0 Å². The van der Waals surface area contributed by atoms with E-state index in [1.54, 1.807) is 6.07 Å². The van der Waals surface area contributed by atoms with Gasteiger partial charge in [-0.1, -0.05) is 59.8 Å². The molecule has 28 heavy (non-hydrogen) atoms. The number of fused-ring (bicyclic) bond motifs is 1. The van der Waals surface area contributed by atoms with Gasteiger partial charge in [0.15, 0.2) is 0 Å². The average molecular weight is 413 g/mol. The molecule has 2 heterocycles. The predicted octanol–water partition coefficient (Wildman–Crippen LogP) is 4.84. The molecule has 0 spiro atoms. The van der Waals surface area contributed by atoms with Crippen LogP contribution in [0.3, 0.4) is 0 Å². The summed E-state index contributed by atoms with van der Waals surface area (Å²) in [6.45, 7) is 1.89. The molecule has 4 rings (SSSR count). The summed E-state index contributed by atoms with van der Waals surface area (Å²) in [4.78, 5) is 15.4. The number of thioether (sulfide) groups is 1. The first-order valence-electron chi connectivity index (χ1n) is 8.68. The fraction of sp³-hybridized carbons (Fsp3) is 0.150. The quantitative estimate of drug-likeness (QED) is 0.442. The van der Waals surface area contributed by atoms with Crippen LogP contribution in [0.5, 0.6) is 0 Å². The largest absolute Gasteiger partial charge is 0.411 e. The number of aromatic nitrogens is 3. The van der Waals surface area contributed by atoms with Gasteiger partial charge >= 0.3 is 0 Å². The van der Waals surface area contributed by atoms with Crippen LogP contribution in [0.4, 0.5) is 0 Å². The maximum absolute atomic E-state index is 12.3. The number of hydrogen-bond donors (Lipinski definition) is 2. The molecule has 0 radical (unpaired) electrons. The molecule has 2 N–H and O–H groups in total. The van der Waals surface area contributed by atoms with Gasteiger partial charge in [0.2, 0.25) is 5.91 Å². The Balaban J connectivity index is 1.38. The minimum atomic E-state index is -0.189. The SMILES string of the molecule is C[C@@H](NC(=O)CSc1nnc(-c2c[nH]c3ccccc23)o1)c1ccccc1Cl. The molecular formula is C20H17ClN4O2S. The molecule has 0 fully saturated rings. The molecule has 8 heteroatoms. The van der Waals surface area contributed by atoms with Crippen LogP contribution in [0.25, 0.3) is 22.4 Å². The third-order valence-electron chi connectivity index (χ3n) is 4.30. The van der Waals surface area contributed by atoms with Crippen LogP contribution >= 0.6 is 23.4 Å². The van der Waals surface area contributed by atoms with Crippen LogP contribution in [-0.4, -0.2) is 26.8 Å². The molecule has 1 amide bonds. The summed E-state index contributed by atoms with van der Waals surface area (Å²) in [7, 11) is 0. The number of carbonyl (C=O) groups excluding carboxylic acids is 1. The second-order valence-corrected chi connectivity index (χ2v) is 7.55. The number of carbonyl (C=O) groups is 1. The van der Waals surface area contributed by atoms with Crippen molar-refractivity contribution in [1.82, 2.24) is 20.5 Å². The maximum atomic E-state index is 12.3. The molecule has 6 nitrogen and oxygen atoms in total. The summed E-state index contributed by atoms with van der Waals surface area (Å²) in [5.41, 5.74) is 2.71. The molecule has 0 saturated heterocycles. The Morgan fingerprint density at radius 1 is 1.21 bits per heavy atom. The zero-order valence-electron chi connectivity index (χ0n) is 15.0. The highest BCUT2D eigenvalue weighted by molar-refractivity contribution is 7.99. The van der Waals surface area contributed by atoms with Crippen LogP contribution in [0.2, 0.25) is 5.02 Å². The number of rotatable bonds is 6. The lowest BCUT2D eigenvalue weighted by atomic mass is 10.1. The number of aromatic amines is 1. The Morgan fingerprint density at radius 2 is 2.00 bits per heavy atom. The summed E-state index contributed by atoms with van der Waals surface area (Å²) < 4.78 is 5.71. The fourth-order valence-electron chi connectivity index (χ4n) is 2.94. The van der Waals surface area contributed by atoms with Crippen molar-refractivity contribution in [3.63, 3.8) is 0 Å². The standard InChI is InChI=1S/C20H17ClN4O2S/c1-12(13-6-2-4-8-16(13)21)23-18(26)11-28-20-25-24-19(27-20)15-10-22-17-9-5-3-7-14(15)17/h2-10,12,22H,11H2,1H3,(H,23,26)/t12-/m1/s1. The fourth-order valence-corrected chi connectivity index (χ4v) is 3.81. The van der Waals surface area contributed by atoms with Crippen molar-refractivity contribution in [2.75, 3.05) is 5.75 Å². The van der Waals surface area contributed by atoms with E-state index < -0.39 is 0 Å².